The van der Waals surface area contributed by atoms with Crippen LogP contribution in [0.4, 0.5) is 11.8 Å². The summed E-state index contributed by atoms with van der Waals surface area (Å²) in [4.78, 5) is 14.2. The Hall–Kier alpha value is -2.87. The molecule has 8 nitrogen and oxygen atoms in total. The van der Waals surface area contributed by atoms with Gasteiger partial charge in [-0.15, -0.1) is 0 Å². The summed E-state index contributed by atoms with van der Waals surface area (Å²) in [5.74, 6) is 2.99. The first-order valence-electron chi connectivity index (χ1n) is 12.4. The van der Waals surface area contributed by atoms with Crippen LogP contribution in [0.3, 0.4) is 0 Å². The molecule has 2 unspecified atom stereocenters. The molecule has 0 spiro atoms. The second kappa shape index (κ2) is 8.73. The van der Waals surface area contributed by atoms with E-state index in [1.54, 1.807) is 0 Å². The molecule has 3 heterocycles. The van der Waals surface area contributed by atoms with Crippen LogP contribution >= 0.6 is 0 Å². The van der Waals surface area contributed by atoms with Crippen LogP contribution in [0.5, 0.6) is 5.88 Å². The van der Waals surface area contributed by atoms with Crippen molar-refractivity contribution in [1.29, 1.82) is 0 Å². The molecule has 2 aliphatic rings. The fourth-order valence-corrected chi connectivity index (χ4v) is 4.92. The molecule has 182 valence electrons. The van der Waals surface area contributed by atoms with E-state index in [1.807, 2.05) is 46.8 Å². The zero-order valence-corrected chi connectivity index (χ0v) is 20.7. The number of rotatable bonds is 8. The van der Waals surface area contributed by atoms with Gasteiger partial charge in [-0.3, -0.25) is 0 Å². The van der Waals surface area contributed by atoms with Gasteiger partial charge >= 0.3 is 0 Å². The van der Waals surface area contributed by atoms with Crippen LogP contribution in [0.2, 0.25) is 0 Å². The van der Waals surface area contributed by atoms with Gasteiger partial charge in [0, 0.05) is 23.5 Å². The van der Waals surface area contributed by atoms with Crippen LogP contribution in [0.25, 0.3) is 22.3 Å². The van der Waals surface area contributed by atoms with Crippen molar-refractivity contribution < 1.29 is 14.3 Å². The number of nitrogens with one attached hydrogen (secondary N) is 2. The van der Waals surface area contributed by atoms with E-state index >= 15 is 0 Å². The van der Waals surface area contributed by atoms with Gasteiger partial charge in [-0.1, -0.05) is 0 Å². The highest BCUT2D eigenvalue weighted by molar-refractivity contribution is 5.88. The number of anilines is 2. The molecule has 8 heteroatoms. The van der Waals surface area contributed by atoms with Crippen molar-refractivity contribution in [2.45, 2.75) is 84.4 Å². The number of nitrogens with zero attached hydrogens (tertiary/aromatic N) is 3. The molecular formula is C26H35N5O3. The van der Waals surface area contributed by atoms with E-state index < -0.39 is 5.60 Å². The second-order valence-corrected chi connectivity index (χ2v) is 10.3. The van der Waals surface area contributed by atoms with Gasteiger partial charge in [-0.25, -0.2) is 9.97 Å². The number of fused-ring (bicyclic) bond motifs is 1. The van der Waals surface area contributed by atoms with Gasteiger partial charge in [0.05, 0.1) is 29.2 Å². The standard InChI is InChI=1S/C26H35N5O3/c1-6-33-21-12-16-11-20(34-23(16)15(3)27-21)22-14(2)28-25(30-18-9-10-18)31-24(22)29-19-8-7-17(13-19)26(4,5)32/h11-12,17-19,32H,6-10,13H2,1-5H3,(H2,28,29,30,31). The molecule has 3 aromatic rings. The molecule has 34 heavy (non-hydrogen) atoms. The minimum atomic E-state index is -0.679. The van der Waals surface area contributed by atoms with Crippen LogP contribution < -0.4 is 15.4 Å². The molecule has 0 bridgehead atoms. The molecular weight excluding hydrogens is 430 g/mol. The van der Waals surface area contributed by atoms with Crippen LogP contribution in [0, 0.1) is 19.8 Å². The van der Waals surface area contributed by atoms with Crippen LogP contribution in [0.15, 0.2) is 16.5 Å². The summed E-state index contributed by atoms with van der Waals surface area (Å²) in [6.45, 7) is 10.2. The number of ether oxygens (including phenoxy) is 1. The number of aromatic nitrogens is 3. The predicted molar refractivity (Wildman–Crippen MR) is 133 cm³/mol. The van der Waals surface area contributed by atoms with Crippen molar-refractivity contribution in [2.24, 2.45) is 5.92 Å². The number of furan rings is 1. The maximum atomic E-state index is 10.5. The Morgan fingerprint density at radius 1 is 1.03 bits per heavy atom. The van der Waals surface area contributed by atoms with Crippen molar-refractivity contribution in [2.75, 3.05) is 17.2 Å². The lowest BCUT2D eigenvalue weighted by Gasteiger charge is -2.25. The van der Waals surface area contributed by atoms with E-state index in [0.717, 1.165) is 65.8 Å². The van der Waals surface area contributed by atoms with E-state index in [1.165, 1.54) is 0 Å². The fourth-order valence-electron chi connectivity index (χ4n) is 4.92. The van der Waals surface area contributed by atoms with Crippen molar-refractivity contribution >= 4 is 22.7 Å². The topological polar surface area (TPSA) is 105 Å². The van der Waals surface area contributed by atoms with Gasteiger partial charge in [-0.05, 0) is 78.7 Å². The predicted octanol–water partition coefficient (Wildman–Crippen LogP) is 5.23. The quantitative estimate of drug-likeness (QED) is 0.415. The normalized spacial score (nSPS) is 20.6. The second-order valence-electron chi connectivity index (χ2n) is 10.3. The van der Waals surface area contributed by atoms with Gasteiger partial charge in [0.1, 0.15) is 11.6 Å². The van der Waals surface area contributed by atoms with E-state index in [4.69, 9.17) is 19.1 Å². The van der Waals surface area contributed by atoms with Crippen LogP contribution in [0.1, 0.15) is 64.3 Å². The monoisotopic (exact) mass is 465 g/mol. The molecule has 3 N–H and O–H groups in total. The number of aliphatic hydroxyl groups is 1. The summed E-state index contributed by atoms with van der Waals surface area (Å²) in [5, 5.41) is 18.5. The number of hydrogen-bond acceptors (Lipinski definition) is 8. The zero-order valence-electron chi connectivity index (χ0n) is 20.7. The molecule has 2 saturated carbocycles. The fraction of sp³-hybridized carbons (Fsp3) is 0.577. The average molecular weight is 466 g/mol. The molecule has 3 aromatic heterocycles. The van der Waals surface area contributed by atoms with Gasteiger partial charge < -0.3 is 24.9 Å². The maximum absolute atomic E-state index is 10.5. The van der Waals surface area contributed by atoms with Gasteiger partial charge in [0.15, 0.2) is 5.58 Å². The molecule has 0 radical (unpaired) electrons. The first-order valence-corrected chi connectivity index (χ1v) is 12.4. The number of pyridine rings is 1. The van der Waals surface area contributed by atoms with E-state index in [2.05, 4.69) is 15.6 Å². The smallest absolute Gasteiger partial charge is 0.225 e. The van der Waals surface area contributed by atoms with Crippen molar-refractivity contribution in [3.8, 4) is 17.2 Å². The Bertz CT molecular complexity index is 1200. The third-order valence-electron chi connectivity index (χ3n) is 6.96. The highest BCUT2D eigenvalue weighted by atomic mass is 16.5. The minimum absolute atomic E-state index is 0.232. The molecule has 2 atom stereocenters. The highest BCUT2D eigenvalue weighted by Crippen LogP contribution is 2.40. The third kappa shape index (κ3) is 4.69. The Morgan fingerprint density at radius 2 is 1.79 bits per heavy atom. The lowest BCUT2D eigenvalue weighted by molar-refractivity contribution is 0.0197. The largest absolute Gasteiger partial charge is 0.478 e. The lowest BCUT2D eigenvalue weighted by atomic mass is 9.89. The molecule has 0 aromatic carbocycles. The summed E-state index contributed by atoms with van der Waals surface area (Å²) in [7, 11) is 0. The first kappa shape index (κ1) is 22.9. The summed E-state index contributed by atoms with van der Waals surface area (Å²) < 4.78 is 11.9. The SMILES string of the molecule is CCOc1cc2cc(-c3c(C)nc(NC4CC4)nc3NC3CCC(C(C)(C)O)C3)oc2c(C)n1. The Kier molecular flexibility index (Phi) is 5.88. The van der Waals surface area contributed by atoms with Gasteiger partial charge in [0.25, 0.3) is 0 Å². The number of hydrogen-bond donors (Lipinski definition) is 3. The molecule has 0 aliphatic heterocycles. The number of aryl methyl sites for hydroxylation is 2. The molecule has 0 saturated heterocycles. The van der Waals surface area contributed by atoms with Crippen LogP contribution in [-0.4, -0.2) is 44.4 Å². The minimum Gasteiger partial charge on any atom is -0.478 e. The zero-order chi connectivity index (χ0) is 24.0. The Labute approximate surface area is 200 Å². The highest BCUT2D eigenvalue weighted by Gasteiger charge is 2.35. The Balaban J connectivity index is 1.52. The molecule has 2 aliphatic carbocycles. The lowest BCUT2D eigenvalue weighted by Crippen LogP contribution is -2.30. The average Bonchev–Trinajstić information content (AvgIpc) is 3.25. The maximum Gasteiger partial charge on any atom is 0.225 e. The molecule has 2 fully saturated rings. The van der Waals surface area contributed by atoms with Gasteiger partial charge in [-0.2, -0.15) is 4.98 Å². The van der Waals surface area contributed by atoms with Crippen LogP contribution in [-0.2, 0) is 0 Å². The van der Waals surface area contributed by atoms with E-state index in [-0.39, 0.29) is 12.0 Å². The Morgan fingerprint density at radius 3 is 2.47 bits per heavy atom. The summed E-state index contributed by atoms with van der Waals surface area (Å²) in [6.07, 6.45) is 5.19. The molecule has 5 rings (SSSR count). The van der Waals surface area contributed by atoms with Crippen molar-refractivity contribution in [1.82, 2.24) is 15.0 Å². The van der Waals surface area contributed by atoms with E-state index in [9.17, 15) is 5.11 Å². The molecule has 0 amide bonds. The third-order valence-corrected chi connectivity index (χ3v) is 6.96. The van der Waals surface area contributed by atoms with E-state index in [0.29, 0.717) is 30.2 Å². The first-order chi connectivity index (χ1) is 16.2. The summed E-state index contributed by atoms with van der Waals surface area (Å²) in [5.41, 5.74) is 2.57. The van der Waals surface area contributed by atoms with Crippen molar-refractivity contribution in [3.63, 3.8) is 0 Å². The van der Waals surface area contributed by atoms with Gasteiger partial charge in [0.2, 0.25) is 11.8 Å². The van der Waals surface area contributed by atoms with Crippen molar-refractivity contribution in [3.05, 3.63) is 23.5 Å². The summed E-state index contributed by atoms with van der Waals surface area (Å²) >= 11 is 0. The summed E-state index contributed by atoms with van der Waals surface area (Å²) in [6, 6.07) is 4.62.